The Morgan fingerprint density at radius 2 is 0.571 bits per heavy atom. The molecule has 0 radical (unpaired) electrons. The monoisotopic (exact) mass is 265 g/mol. The summed E-state index contributed by atoms with van der Waals surface area (Å²) in [5.74, 6) is 0. The first-order valence-corrected chi connectivity index (χ1v) is 1.64. The van der Waals surface area contributed by atoms with E-state index in [1.807, 2.05) is 0 Å². The molecule has 0 aromatic carbocycles. The van der Waals surface area contributed by atoms with E-state index >= 15 is 0 Å². The van der Waals surface area contributed by atoms with Crippen molar-refractivity contribution < 1.29 is 61.9 Å². The summed E-state index contributed by atoms with van der Waals surface area (Å²) in [5, 5.41) is 44.2. The van der Waals surface area contributed by atoms with E-state index in [9.17, 15) is 0 Å². The maximum Gasteiger partial charge on any atom is 1.00 e. The molecular weight excluding hydrogens is 265 g/mol. The third-order valence-corrected chi connectivity index (χ3v) is 0. The SMILES string of the molecule is O=[N+]([O-])[O-].O=[N+]([O-])[O-].O=[N+]([O-])[O-].[Fe].[Na+]. The van der Waals surface area contributed by atoms with Gasteiger partial charge in [0, 0.05) is 17.1 Å². The van der Waals surface area contributed by atoms with Crippen LogP contribution < -0.4 is 29.6 Å². The number of hydrogen-bond donors (Lipinski definition) is 0. The van der Waals surface area contributed by atoms with Gasteiger partial charge in [0.2, 0.25) is 0 Å². The average Bonchev–Trinajstić information content (AvgIpc) is 1.54. The first-order valence-electron chi connectivity index (χ1n) is 1.64. The van der Waals surface area contributed by atoms with Crippen LogP contribution in [0.25, 0.3) is 0 Å². The van der Waals surface area contributed by atoms with Crippen LogP contribution in [0.15, 0.2) is 0 Å². The number of hydrogen-bond acceptors (Lipinski definition) is 9. The molecule has 80 valence electrons. The molecule has 0 saturated carbocycles. The van der Waals surface area contributed by atoms with E-state index in [4.69, 9.17) is 46.0 Å². The molecule has 0 aromatic rings. The Hall–Kier alpha value is -0.881. The Kier molecular flexibility index (Phi) is 47.5. The van der Waals surface area contributed by atoms with E-state index in [2.05, 4.69) is 0 Å². The second-order valence-electron chi connectivity index (χ2n) is 0.671. The zero-order chi connectivity index (χ0) is 10.7. The van der Waals surface area contributed by atoms with Crippen LogP contribution in [-0.4, -0.2) is 15.3 Å². The van der Waals surface area contributed by atoms with Gasteiger partial charge in [0.1, 0.15) is 0 Å². The van der Waals surface area contributed by atoms with Crippen LogP contribution >= 0.6 is 0 Å². The van der Waals surface area contributed by atoms with E-state index in [-0.39, 0.29) is 46.6 Å². The Bertz CT molecular complexity index is 118. The normalized spacial score (nSPS) is 5.14. The third-order valence-electron chi connectivity index (χ3n) is 0. The van der Waals surface area contributed by atoms with Crippen molar-refractivity contribution in [3.63, 3.8) is 0 Å². The summed E-state index contributed by atoms with van der Waals surface area (Å²) in [6, 6.07) is 0. The molecule has 0 unspecified atom stereocenters. The van der Waals surface area contributed by atoms with Crippen LogP contribution in [0.2, 0.25) is 0 Å². The molecule has 0 amide bonds. The topological polar surface area (TPSA) is 199 Å². The average molecular weight is 265 g/mol. The Morgan fingerprint density at radius 3 is 0.571 bits per heavy atom. The van der Waals surface area contributed by atoms with Gasteiger partial charge in [-0.1, -0.05) is 0 Å². The van der Waals surface area contributed by atoms with Crippen molar-refractivity contribution >= 4 is 0 Å². The predicted molar refractivity (Wildman–Crippen MR) is 31.1 cm³/mol. The maximum atomic E-state index is 8.25. The fraction of sp³-hybridized carbons (Fsp3) is 0. The maximum absolute atomic E-state index is 8.25. The van der Waals surface area contributed by atoms with Gasteiger partial charge in [-0.2, -0.15) is 0 Å². The minimum atomic E-state index is -1.75. The van der Waals surface area contributed by atoms with Crippen LogP contribution in [0.1, 0.15) is 0 Å². The van der Waals surface area contributed by atoms with Gasteiger partial charge in [-0.15, -0.1) is 0 Å². The van der Waals surface area contributed by atoms with E-state index in [0.717, 1.165) is 0 Å². The standard InChI is InChI=1S/Fe.3NO3.Na/c;3*2-1(3)4;/q;3*-1;+1. The predicted octanol–water partition coefficient (Wildman–Crippen LogP) is -3.72. The molecule has 0 spiro atoms. The van der Waals surface area contributed by atoms with Crippen molar-refractivity contribution in [2.45, 2.75) is 0 Å². The third kappa shape index (κ3) is 1470. The second-order valence-corrected chi connectivity index (χ2v) is 0.671. The van der Waals surface area contributed by atoms with Crippen molar-refractivity contribution in [1.82, 2.24) is 0 Å². The number of rotatable bonds is 0. The second kappa shape index (κ2) is 22.7. The van der Waals surface area contributed by atoms with E-state index < -0.39 is 15.3 Å². The van der Waals surface area contributed by atoms with Crippen molar-refractivity contribution in [3.05, 3.63) is 46.0 Å². The summed E-state index contributed by atoms with van der Waals surface area (Å²) >= 11 is 0. The van der Waals surface area contributed by atoms with Crippen molar-refractivity contribution in [2.24, 2.45) is 0 Å². The summed E-state index contributed by atoms with van der Waals surface area (Å²) in [6.07, 6.45) is 0. The molecule has 0 saturated heterocycles. The van der Waals surface area contributed by atoms with Crippen molar-refractivity contribution in [2.75, 3.05) is 0 Å². The molecule has 0 bridgehead atoms. The zero-order valence-electron chi connectivity index (χ0n) is 6.37. The minimum Gasteiger partial charge on any atom is -0.356 e. The fourth-order valence-corrected chi connectivity index (χ4v) is 0. The molecule has 0 rings (SSSR count). The molecule has 0 aliphatic carbocycles. The molecule has 0 aliphatic heterocycles. The van der Waals surface area contributed by atoms with E-state index in [0.29, 0.717) is 0 Å². The number of nitrogens with zero attached hydrogens (tertiary/aromatic N) is 3. The quantitative estimate of drug-likeness (QED) is 0.240. The first kappa shape index (κ1) is 29.2. The van der Waals surface area contributed by atoms with Crippen LogP contribution in [0.3, 0.4) is 0 Å². The summed E-state index contributed by atoms with van der Waals surface area (Å²) in [5.41, 5.74) is 0. The molecule has 0 atom stereocenters. The molecular formula is FeN3NaO9-2. The summed E-state index contributed by atoms with van der Waals surface area (Å²) in [4.78, 5) is 24.8. The Morgan fingerprint density at radius 1 is 0.571 bits per heavy atom. The molecule has 0 aromatic heterocycles. The summed E-state index contributed by atoms with van der Waals surface area (Å²) in [7, 11) is 0. The fourth-order valence-electron chi connectivity index (χ4n) is 0. The van der Waals surface area contributed by atoms with Crippen LogP contribution in [-0.2, 0) is 17.1 Å². The summed E-state index contributed by atoms with van der Waals surface area (Å²) in [6.45, 7) is 0. The first-order chi connectivity index (χ1) is 5.20. The zero-order valence-corrected chi connectivity index (χ0v) is 9.47. The van der Waals surface area contributed by atoms with Gasteiger partial charge >= 0.3 is 29.6 Å². The van der Waals surface area contributed by atoms with Crippen LogP contribution in [0.5, 0.6) is 0 Å². The molecule has 0 aliphatic rings. The van der Waals surface area contributed by atoms with Crippen molar-refractivity contribution in [3.8, 4) is 0 Å². The van der Waals surface area contributed by atoms with Gasteiger partial charge in [-0.25, -0.2) is 0 Å². The molecule has 14 heavy (non-hydrogen) atoms. The van der Waals surface area contributed by atoms with E-state index in [1.165, 1.54) is 0 Å². The molecule has 0 N–H and O–H groups in total. The summed E-state index contributed by atoms with van der Waals surface area (Å²) < 4.78 is 0. The molecule has 0 fully saturated rings. The van der Waals surface area contributed by atoms with Gasteiger partial charge in [0.05, 0.1) is 15.3 Å². The smallest absolute Gasteiger partial charge is 0.356 e. The van der Waals surface area contributed by atoms with Gasteiger partial charge in [0.15, 0.2) is 0 Å². The van der Waals surface area contributed by atoms with Crippen molar-refractivity contribution in [1.29, 1.82) is 0 Å². The Balaban J connectivity index is -0.0000000270. The largest absolute Gasteiger partial charge is 1.00 e. The van der Waals surface area contributed by atoms with Gasteiger partial charge in [-0.3, -0.25) is 0 Å². The minimum absolute atomic E-state index is 0. The van der Waals surface area contributed by atoms with Gasteiger partial charge in [0.25, 0.3) is 0 Å². The van der Waals surface area contributed by atoms with Crippen LogP contribution in [0.4, 0.5) is 0 Å². The Labute approximate surface area is 108 Å². The van der Waals surface area contributed by atoms with E-state index in [1.54, 1.807) is 0 Å². The van der Waals surface area contributed by atoms with Crippen LogP contribution in [0, 0.1) is 46.0 Å². The molecule has 14 heteroatoms. The molecule has 12 nitrogen and oxygen atoms in total. The molecule has 0 heterocycles. The van der Waals surface area contributed by atoms with Gasteiger partial charge in [-0.05, 0) is 0 Å². The van der Waals surface area contributed by atoms with Gasteiger partial charge < -0.3 is 46.0 Å².